The number of hydrogen-bond donors (Lipinski definition) is 1. The average Bonchev–Trinajstić information content (AvgIpc) is 2.52. The fourth-order valence-corrected chi connectivity index (χ4v) is 2.90. The SMILES string of the molecule is CC1=CC(O)CC(C)(C)C1C1OCCO1. The molecule has 2 unspecified atom stereocenters. The minimum absolute atomic E-state index is 0.0350. The maximum absolute atomic E-state index is 9.72. The molecule has 2 atom stereocenters. The van der Waals surface area contributed by atoms with Gasteiger partial charge in [0.15, 0.2) is 6.29 Å². The van der Waals surface area contributed by atoms with E-state index in [9.17, 15) is 5.11 Å². The van der Waals surface area contributed by atoms with Gasteiger partial charge in [-0.1, -0.05) is 25.5 Å². The first-order chi connectivity index (χ1) is 7.00. The van der Waals surface area contributed by atoms with Crippen molar-refractivity contribution in [3.63, 3.8) is 0 Å². The molecule has 1 fully saturated rings. The van der Waals surface area contributed by atoms with Crippen molar-refractivity contribution in [2.75, 3.05) is 13.2 Å². The molecule has 3 heteroatoms. The molecule has 1 saturated heterocycles. The lowest BCUT2D eigenvalue weighted by Gasteiger charge is -2.42. The van der Waals surface area contributed by atoms with Crippen LogP contribution in [0.4, 0.5) is 0 Å². The predicted molar refractivity (Wildman–Crippen MR) is 57.3 cm³/mol. The van der Waals surface area contributed by atoms with Gasteiger partial charge in [-0.25, -0.2) is 0 Å². The average molecular weight is 212 g/mol. The van der Waals surface area contributed by atoms with Crippen LogP contribution in [0, 0.1) is 11.3 Å². The number of ether oxygens (including phenoxy) is 2. The molecule has 0 saturated carbocycles. The minimum Gasteiger partial charge on any atom is -0.389 e. The van der Waals surface area contributed by atoms with Crippen LogP contribution < -0.4 is 0 Å². The molecule has 0 aromatic heterocycles. The third-order valence-electron chi connectivity index (χ3n) is 3.44. The molecule has 0 radical (unpaired) electrons. The van der Waals surface area contributed by atoms with Gasteiger partial charge in [0, 0.05) is 5.92 Å². The minimum atomic E-state index is -0.322. The summed E-state index contributed by atoms with van der Waals surface area (Å²) in [6.45, 7) is 7.77. The van der Waals surface area contributed by atoms with E-state index in [1.807, 2.05) is 6.08 Å². The van der Waals surface area contributed by atoms with E-state index in [1.54, 1.807) is 0 Å². The lowest BCUT2D eigenvalue weighted by molar-refractivity contribution is -0.112. The molecule has 2 aliphatic rings. The highest BCUT2D eigenvalue weighted by atomic mass is 16.7. The van der Waals surface area contributed by atoms with Gasteiger partial charge < -0.3 is 14.6 Å². The Morgan fingerprint density at radius 2 is 1.93 bits per heavy atom. The number of rotatable bonds is 1. The molecule has 15 heavy (non-hydrogen) atoms. The molecule has 1 aliphatic carbocycles. The second kappa shape index (κ2) is 3.89. The fourth-order valence-electron chi connectivity index (χ4n) is 2.90. The molecule has 0 aromatic rings. The highest BCUT2D eigenvalue weighted by Crippen LogP contribution is 2.44. The van der Waals surface area contributed by atoms with Crippen molar-refractivity contribution in [2.24, 2.45) is 11.3 Å². The first-order valence-electron chi connectivity index (χ1n) is 5.60. The van der Waals surface area contributed by atoms with Crippen molar-refractivity contribution in [3.05, 3.63) is 11.6 Å². The van der Waals surface area contributed by atoms with Gasteiger partial charge in [-0.2, -0.15) is 0 Å². The molecule has 3 nitrogen and oxygen atoms in total. The molecular weight excluding hydrogens is 192 g/mol. The molecule has 86 valence electrons. The summed E-state index contributed by atoms with van der Waals surface area (Å²) in [6, 6.07) is 0. The lowest BCUT2D eigenvalue weighted by Crippen LogP contribution is -2.41. The zero-order valence-electron chi connectivity index (χ0n) is 9.69. The normalized spacial score (nSPS) is 36.7. The zero-order valence-corrected chi connectivity index (χ0v) is 9.69. The highest BCUT2D eigenvalue weighted by molar-refractivity contribution is 5.16. The van der Waals surface area contributed by atoms with E-state index < -0.39 is 0 Å². The van der Waals surface area contributed by atoms with Crippen LogP contribution in [0.5, 0.6) is 0 Å². The summed E-state index contributed by atoms with van der Waals surface area (Å²) in [7, 11) is 0. The van der Waals surface area contributed by atoms with Gasteiger partial charge in [-0.05, 0) is 18.8 Å². The van der Waals surface area contributed by atoms with Crippen LogP contribution in [0.25, 0.3) is 0 Å². The Balaban J connectivity index is 2.22. The molecule has 1 heterocycles. The van der Waals surface area contributed by atoms with Crippen molar-refractivity contribution in [1.82, 2.24) is 0 Å². The smallest absolute Gasteiger partial charge is 0.164 e. The van der Waals surface area contributed by atoms with Crippen molar-refractivity contribution in [2.45, 2.75) is 39.6 Å². The largest absolute Gasteiger partial charge is 0.389 e. The summed E-state index contributed by atoms with van der Waals surface area (Å²) in [5, 5.41) is 9.72. The first kappa shape index (κ1) is 11.1. The van der Waals surface area contributed by atoms with Crippen molar-refractivity contribution in [3.8, 4) is 0 Å². The quantitative estimate of drug-likeness (QED) is 0.672. The summed E-state index contributed by atoms with van der Waals surface area (Å²) in [5.41, 5.74) is 1.22. The Kier molecular flexibility index (Phi) is 2.88. The molecule has 1 aliphatic heterocycles. The van der Waals surface area contributed by atoms with E-state index in [0.717, 1.165) is 6.42 Å². The number of aliphatic hydroxyl groups is 1. The van der Waals surface area contributed by atoms with Crippen LogP contribution in [0.15, 0.2) is 11.6 Å². The Morgan fingerprint density at radius 3 is 2.47 bits per heavy atom. The van der Waals surface area contributed by atoms with Crippen LogP contribution in [0.2, 0.25) is 0 Å². The number of hydrogen-bond acceptors (Lipinski definition) is 3. The van der Waals surface area contributed by atoms with Gasteiger partial charge in [-0.15, -0.1) is 0 Å². The van der Waals surface area contributed by atoms with Gasteiger partial charge in [0.05, 0.1) is 19.3 Å². The van der Waals surface area contributed by atoms with Gasteiger partial charge in [0.1, 0.15) is 0 Å². The Labute approximate surface area is 91.1 Å². The molecule has 1 N–H and O–H groups in total. The van der Waals surface area contributed by atoms with E-state index in [4.69, 9.17) is 9.47 Å². The van der Waals surface area contributed by atoms with E-state index in [1.165, 1.54) is 5.57 Å². The topological polar surface area (TPSA) is 38.7 Å². The van der Waals surface area contributed by atoms with E-state index in [-0.39, 0.29) is 23.7 Å². The van der Waals surface area contributed by atoms with Crippen LogP contribution in [-0.2, 0) is 9.47 Å². The monoisotopic (exact) mass is 212 g/mol. The maximum Gasteiger partial charge on any atom is 0.164 e. The Bertz CT molecular complexity index is 264. The van der Waals surface area contributed by atoms with Crippen LogP contribution >= 0.6 is 0 Å². The van der Waals surface area contributed by atoms with Crippen molar-refractivity contribution < 1.29 is 14.6 Å². The van der Waals surface area contributed by atoms with Gasteiger partial charge >= 0.3 is 0 Å². The van der Waals surface area contributed by atoms with E-state index in [2.05, 4.69) is 20.8 Å². The van der Waals surface area contributed by atoms with Crippen LogP contribution in [0.3, 0.4) is 0 Å². The first-order valence-corrected chi connectivity index (χ1v) is 5.60. The predicted octanol–water partition coefficient (Wildman–Crippen LogP) is 1.71. The Morgan fingerprint density at radius 1 is 1.33 bits per heavy atom. The van der Waals surface area contributed by atoms with Gasteiger partial charge in [-0.3, -0.25) is 0 Å². The molecule has 0 amide bonds. The summed E-state index contributed by atoms with van der Waals surface area (Å²) >= 11 is 0. The Hall–Kier alpha value is -0.380. The standard InChI is InChI=1S/C12H20O3/c1-8-6-9(13)7-12(2,3)10(8)11-14-4-5-15-11/h6,9-11,13H,4-5,7H2,1-3H3. The zero-order chi connectivity index (χ0) is 11.1. The second-order valence-corrected chi connectivity index (χ2v) is 5.26. The fraction of sp³-hybridized carbons (Fsp3) is 0.833. The molecule has 0 bridgehead atoms. The summed E-state index contributed by atoms with van der Waals surface area (Å²) in [6.07, 6.45) is 2.26. The molecule has 0 aromatic carbocycles. The molecular formula is C12H20O3. The van der Waals surface area contributed by atoms with Crippen LogP contribution in [0.1, 0.15) is 27.2 Å². The van der Waals surface area contributed by atoms with E-state index >= 15 is 0 Å². The number of aliphatic hydroxyl groups excluding tert-OH is 1. The molecule has 2 rings (SSSR count). The van der Waals surface area contributed by atoms with Crippen molar-refractivity contribution in [1.29, 1.82) is 0 Å². The van der Waals surface area contributed by atoms with Crippen LogP contribution in [-0.4, -0.2) is 30.7 Å². The van der Waals surface area contributed by atoms with Gasteiger partial charge in [0.2, 0.25) is 0 Å². The molecule has 0 spiro atoms. The summed E-state index contributed by atoms with van der Waals surface area (Å²) in [5.74, 6) is 0.267. The lowest BCUT2D eigenvalue weighted by atomic mass is 9.67. The summed E-state index contributed by atoms with van der Waals surface area (Å²) in [4.78, 5) is 0. The third kappa shape index (κ3) is 2.10. The second-order valence-electron chi connectivity index (χ2n) is 5.26. The third-order valence-corrected chi connectivity index (χ3v) is 3.44. The maximum atomic E-state index is 9.72. The van der Waals surface area contributed by atoms with Crippen molar-refractivity contribution >= 4 is 0 Å². The summed E-state index contributed by atoms with van der Waals surface area (Å²) < 4.78 is 11.2. The van der Waals surface area contributed by atoms with Gasteiger partial charge in [0.25, 0.3) is 0 Å². The van der Waals surface area contributed by atoms with E-state index in [0.29, 0.717) is 13.2 Å². The highest BCUT2D eigenvalue weighted by Gasteiger charge is 2.43.